The Balaban J connectivity index is 1.27. The summed E-state index contributed by atoms with van der Waals surface area (Å²) >= 11 is 3.14. The van der Waals surface area contributed by atoms with E-state index >= 15 is 0 Å². The quantitative estimate of drug-likeness (QED) is 0.429. The summed E-state index contributed by atoms with van der Waals surface area (Å²) in [6.45, 7) is 3.66. The van der Waals surface area contributed by atoms with Gasteiger partial charge in [-0.2, -0.15) is 0 Å². The maximum Gasteiger partial charge on any atom is 0.260 e. The van der Waals surface area contributed by atoms with Crippen molar-refractivity contribution < 1.29 is 4.79 Å². The van der Waals surface area contributed by atoms with Crippen LogP contribution in [0.4, 0.5) is 5.69 Å². The van der Waals surface area contributed by atoms with E-state index in [-0.39, 0.29) is 23.4 Å². The number of aromatic nitrogens is 2. The molecule has 1 fully saturated rings. The second-order valence-corrected chi connectivity index (χ2v) is 9.91. The van der Waals surface area contributed by atoms with Gasteiger partial charge >= 0.3 is 0 Å². The lowest BCUT2D eigenvalue weighted by atomic mass is 9.94. The Labute approximate surface area is 193 Å². The van der Waals surface area contributed by atoms with Gasteiger partial charge in [-0.05, 0) is 56.4 Å². The standard InChI is InChI=1S/C24H24N4O2S2/c1-15(28-11-9-16(10-12-28)22(29)25-17-6-3-2-4-7-17)21-26-23(30)20-18(14-32-24(20)27-21)19-8-5-13-31-19/h2-8,13-16H,9-12H2,1H3,(H,25,29)(H,26,27,30)/t15-/m1/s1. The Morgan fingerprint density at radius 1 is 1.16 bits per heavy atom. The Morgan fingerprint density at radius 2 is 1.94 bits per heavy atom. The highest BCUT2D eigenvalue weighted by atomic mass is 32.1. The first-order valence-corrected chi connectivity index (χ1v) is 12.5. The summed E-state index contributed by atoms with van der Waals surface area (Å²) in [6, 6.07) is 13.6. The number of carbonyl (C=O) groups excluding carboxylic acids is 1. The third-order valence-corrected chi connectivity index (χ3v) is 7.91. The molecule has 1 aromatic carbocycles. The molecule has 0 saturated carbocycles. The van der Waals surface area contributed by atoms with Crippen molar-refractivity contribution in [3.8, 4) is 10.4 Å². The molecule has 0 unspecified atom stereocenters. The zero-order valence-electron chi connectivity index (χ0n) is 17.7. The second kappa shape index (κ2) is 8.97. The van der Waals surface area contributed by atoms with E-state index in [0.717, 1.165) is 46.9 Å². The summed E-state index contributed by atoms with van der Waals surface area (Å²) in [4.78, 5) is 37.5. The third kappa shape index (κ3) is 4.13. The molecule has 1 atom stereocenters. The number of nitrogens with zero attached hydrogens (tertiary/aromatic N) is 2. The summed E-state index contributed by atoms with van der Waals surface area (Å²) < 4.78 is 0. The number of rotatable bonds is 5. The Bertz CT molecular complexity index is 1270. The molecule has 5 rings (SSSR count). The predicted octanol–water partition coefficient (Wildman–Crippen LogP) is 5.12. The summed E-state index contributed by atoms with van der Waals surface area (Å²) in [5.41, 5.74) is 1.71. The molecule has 4 aromatic rings. The van der Waals surface area contributed by atoms with E-state index in [9.17, 15) is 9.59 Å². The molecule has 0 spiro atoms. The van der Waals surface area contributed by atoms with Crippen LogP contribution in [0.1, 0.15) is 31.6 Å². The van der Waals surface area contributed by atoms with E-state index in [0.29, 0.717) is 11.2 Å². The number of aromatic amines is 1. The number of amides is 1. The fourth-order valence-electron chi connectivity index (χ4n) is 4.26. The number of piperidine rings is 1. The zero-order valence-corrected chi connectivity index (χ0v) is 19.3. The van der Waals surface area contributed by atoms with Crippen LogP contribution in [0.15, 0.2) is 58.0 Å². The summed E-state index contributed by atoms with van der Waals surface area (Å²) in [5, 5.41) is 7.72. The lowest BCUT2D eigenvalue weighted by Crippen LogP contribution is -2.40. The molecule has 1 aliphatic rings. The van der Waals surface area contributed by atoms with Crippen molar-refractivity contribution in [3.05, 3.63) is 69.4 Å². The van der Waals surface area contributed by atoms with Crippen LogP contribution in [-0.4, -0.2) is 33.9 Å². The van der Waals surface area contributed by atoms with Gasteiger partial charge < -0.3 is 10.3 Å². The normalized spacial score (nSPS) is 16.3. The number of carbonyl (C=O) groups is 1. The molecule has 2 N–H and O–H groups in total. The lowest BCUT2D eigenvalue weighted by molar-refractivity contribution is -0.121. The van der Waals surface area contributed by atoms with Crippen LogP contribution in [0.3, 0.4) is 0 Å². The first-order valence-electron chi connectivity index (χ1n) is 10.8. The number of nitrogens with one attached hydrogen (secondary N) is 2. The van der Waals surface area contributed by atoms with Crippen molar-refractivity contribution in [3.63, 3.8) is 0 Å². The van der Waals surface area contributed by atoms with Crippen LogP contribution >= 0.6 is 22.7 Å². The van der Waals surface area contributed by atoms with Gasteiger partial charge in [0.25, 0.3) is 5.56 Å². The fraction of sp³-hybridized carbons (Fsp3) is 0.292. The van der Waals surface area contributed by atoms with Crippen molar-refractivity contribution in [1.82, 2.24) is 14.9 Å². The summed E-state index contributed by atoms with van der Waals surface area (Å²) in [6.07, 6.45) is 1.58. The first-order chi connectivity index (χ1) is 15.6. The maximum atomic E-state index is 12.9. The number of likely N-dealkylation sites (tertiary alicyclic amines) is 1. The van der Waals surface area contributed by atoms with Gasteiger partial charge in [-0.15, -0.1) is 22.7 Å². The van der Waals surface area contributed by atoms with Gasteiger partial charge in [0, 0.05) is 27.4 Å². The SMILES string of the molecule is C[C@H](c1nc2scc(-c3cccs3)c2c(=O)[nH]1)N1CCC(C(=O)Nc2ccccc2)CC1. The Kier molecular flexibility index (Phi) is 5.91. The third-order valence-electron chi connectivity index (χ3n) is 6.13. The molecule has 0 bridgehead atoms. The monoisotopic (exact) mass is 464 g/mol. The van der Waals surface area contributed by atoms with Crippen LogP contribution in [0, 0.1) is 5.92 Å². The fourth-order valence-corrected chi connectivity index (χ4v) is 6.03. The molecule has 0 radical (unpaired) electrons. The topological polar surface area (TPSA) is 78.1 Å². The molecule has 0 aliphatic carbocycles. The van der Waals surface area contributed by atoms with Gasteiger partial charge in [0.05, 0.1) is 11.4 Å². The Morgan fingerprint density at radius 3 is 2.66 bits per heavy atom. The van der Waals surface area contributed by atoms with Gasteiger partial charge in [-0.1, -0.05) is 24.3 Å². The molecule has 32 heavy (non-hydrogen) atoms. The number of thiophene rings is 2. The van der Waals surface area contributed by atoms with Gasteiger partial charge in [-0.3, -0.25) is 14.5 Å². The van der Waals surface area contributed by atoms with Crippen molar-refractivity contribution in [2.24, 2.45) is 5.92 Å². The van der Waals surface area contributed by atoms with E-state index < -0.39 is 0 Å². The largest absolute Gasteiger partial charge is 0.326 e. The number of benzene rings is 1. The number of fused-ring (bicyclic) bond motifs is 1. The number of hydrogen-bond acceptors (Lipinski definition) is 6. The summed E-state index contributed by atoms with van der Waals surface area (Å²) in [5.74, 6) is 0.768. The van der Waals surface area contributed by atoms with Crippen LogP contribution in [0.2, 0.25) is 0 Å². The highest BCUT2D eigenvalue weighted by Crippen LogP contribution is 2.34. The molecule has 1 saturated heterocycles. The van der Waals surface area contributed by atoms with Crippen LogP contribution in [-0.2, 0) is 4.79 Å². The Hall–Kier alpha value is -2.81. The van der Waals surface area contributed by atoms with Crippen molar-refractivity contribution >= 4 is 44.5 Å². The molecular weight excluding hydrogens is 440 g/mol. The van der Waals surface area contributed by atoms with Crippen LogP contribution in [0.25, 0.3) is 20.7 Å². The number of para-hydroxylation sites is 1. The van der Waals surface area contributed by atoms with E-state index in [4.69, 9.17) is 4.98 Å². The minimum atomic E-state index is -0.0846. The zero-order chi connectivity index (χ0) is 22.1. The maximum absolute atomic E-state index is 12.9. The summed E-state index contributed by atoms with van der Waals surface area (Å²) in [7, 11) is 0. The number of hydrogen-bond donors (Lipinski definition) is 2. The van der Waals surface area contributed by atoms with Crippen molar-refractivity contribution in [1.29, 1.82) is 0 Å². The first kappa shape index (κ1) is 21.1. The molecule has 164 valence electrons. The average Bonchev–Trinajstić information content (AvgIpc) is 3.49. The van der Waals surface area contributed by atoms with E-state index in [1.54, 1.807) is 11.3 Å². The van der Waals surface area contributed by atoms with Crippen LogP contribution < -0.4 is 10.9 Å². The molecule has 3 aromatic heterocycles. The molecule has 6 nitrogen and oxygen atoms in total. The van der Waals surface area contributed by atoms with E-state index in [1.807, 2.05) is 53.2 Å². The van der Waals surface area contributed by atoms with Crippen molar-refractivity contribution in [2.75, 3.05) is 18.4 Å². The van der Waals surface area contributed by atoms with Gasteiger partial charge in [0.2, 0.25) is 5.91 Å². The molecule has 1 amide bonds. The minimum absolute atomic E-state index is 0.00112. The molecule has 4 heterocycles. The highest BCUT2D eigenvalue weighted by molar-refractivity contribution is 7.18. The minimum Gasteiger partial charge on any atom is -0.326 e. The highest BCUT2D eigenvalue weighted by Gasteiger charge is 2.29. The van der Waals surface area contributed by atoms with Crippen LogP contribution in [0.5, 0.6) is 0 Å². The van der Waals surface area contributed by atoms with E-state index in [2.05, 4.69) is 22.1 Å². The van der Waals surface area contributed by atoms with Gasteiger partial charge in [0.15, 0.2) is 0 Å². The van der Waals surface area contributed by atoms with Gasteiger partial charge in [-0.25, -0.2) is 4.98 Å². The van der Waals surface area contributed by atoms with E-state index in [1.165, 1.54) is 11.3 Å². The average molecular weight is 465 g/mol. The number of H-pyrrole nitrogens is 1. The smallest absolute Gasteiger partial charge is 0.260 e. The molecule has 1 aliphatic heterocycles. The predicted molar refractivity (Wildman–Crippen MR) is 131 cm³/mol. The lowest BCUT2D eigenvalue weighted by Gasteiger charge is -2.34. The molecular formula is C24H24N4O2S2. The van der Waals surface area contributed by atoms with Crippen molar-refractivity contribution in [2.45, 2.75) is 25.8 Å². The second-order valence-electron chi connectivity index (χ2n) is 8.10. The number of anilines is 1. The van der Waals surface area contributed by atoms with Gasteiger partial charge in [0.1, 0.15) is 10.7 Å². The molecule has 8 heteroatoms.